The maximum Gasteiger partial charge on any atom is 0.323 e. The molecule has 1 aliphatic carbocycles. The van der Waals surface area contributed by atoms with Gasteiger partial charge < -0.3 is 9.47 Å². The molecule has 0 N–H and O–H groups in total. The first-order chi connectivity index (χ1) is 7.56. The van der Waals surface area contributed by atoms with Crippen LogP contribution in [0.15, 0.2) is 0 Å². The van der Waals surface area contributed by atoms with Crippen LogP contribution in [-0.2, 0) is 14.3 Å². The fourth-order valence-electron chi connectivity index (χ4n) is 2.49. The van der Waals surface area contributed by atoms with Crippen molar-refractivity contribution in [2.75, 3.05) is 26.9 Å². The average molecular weight is 227 g/mol. The summed E-state index contributed by atoms with van der Waals surface area (Å²) in [6, 6.07) is -0.0658. The summed E-state index contributed by atoms with van der Waals surface area (Å²) >= 11 is 0. The Balaban J connectivity index is 2.14. The summed E-state index contributed by atoms with van der Waals surface area (Å²) in [5.74, 6) is 0.405. The predicted molar refractivity (Wildman–Crippen MR) is 60.1 cm³/mol. The Bertz CT molecular complexity index is 273. The number of nitrogens with zero attached hydrogens (tertiary/aromatic N) is 1. The Morgan fingerprint density at radius 3 is 2.69 bits per heavy atom. The minimum absolute atomic E-state index is 0.0658. The van der Waals surface area contributed by atoms with Crippen molar-refractivity contribution in [3.05, 3.63) is 0 Å². The van der Waals surface area contributed by atoms with Crippen molar-refractivity contribution in [2.24, 2.45) is 5.92 Å². The van der Waals surface area contributed by atoms with Gasteiger partial charge >= 0.3 is 5.97 Å². The monoisotopic (exact) mass is 227 g/mol. The van der Waals surface area contributed by atoms with Crippen molar-refractivity contribution >= 4 is 5.97 Å². The molecule has 0 bridgehead atoms. The van der Waals surface area contributed by atoms with Crippen LogP contribution in [0.5, 0.6) is 0 Å². The zero-order valence-corrected chi connectivity index (χ0v) is 10.4. The van der Waals surface area contributed by atoms with Gasteiger partial charge in [0.1, 0.15) is 6.04 Å². The number of carbonyl (C=O) groups is 1. The quantitative estimate of drug-likeness (QED) is 0.676. The molecule has 2 aliphatic rings. The van der Waals surface area contributed by atoms with Crippen LogP contribution in [0.3, 0.4) is 0 Å². The van der Waals surface area contributed by atoms with Crippen molar-refractivity contribution in [3.8, 4) is 0 Å². The minimum Gasteiger partial charge on any atom is -0.468 e. The van der Waals surface area contributed by atoms with E-state index in [0.717, 1.165) is 19.4 Å². The lowest BCUT2D eigenvalue weighted by Crippen LogP contribution is -2.60. The minimum atomic E-state index is -0.0857. The van der Waals surface area contributed by atoms with E-state index in [1.165, 1.54) is 7.11 Å². The summed E-state index contributed by atoms with van der Waals surface area (Å²) in [6.45, 7) is 6.48. The van der Waals surface area contributed by atoms with E-state index >= 15 is 0 Å². The van der Waals surface area contributed by atoms with Crippen LogP contribution in [0.2, 0.25) is 0 Å². The number of ether oxygens (including phenoxy) is 2. The predicted octanol–water partition coefficient (Wildman–Crippen LogP) is 1.05. The van der Waals surface area contributed by atoms with Gasteiger partial charge in [0.2, 0.25) is 0 Å². The number of hydrogen-bond acceptors (Lipinski definition) is 4. The Morgan fingerprint density at radius 1 is 1.50 bits per heavy atom. The second-order valence-corrected chi connectivity index (χ2v) is 5.36. The molecular weight excluding hydrogens is 206 g/mol. The molecule has 1 saturated heterocycles. The molecule has 0 aromatic carbocycles. The van der Waals surface area contributed by atoms with E-state index in [1.807, 2.05) is 0 Å². The van der Waals surface area contributed by atoms with Crippen LogP contribution in [0.4, 0.5) is 0 Å². The third-order valence-corrected chi connectivity index (χ3v) is 3.56. The zero-order valence-electron chi connectivity index (χ0n) is 10.4. The van der Waals surface area contributed by atoms with Gasteiger partial charge in [0.05, 0.1) is 20.3 Å². The summed E-state index contributed by atoms with van der Waals surface area (Å²) < 4.78 is 10.4. The molecule has 0 amide bonds. The van der Waals surface area contributed by atoms with E-state index in [0.29, 0.717) is 19.1 Å². The second kappa shape index (κ2) is 4.34. The molecule has 92 valence electrons. The van der Waals surface area contributed by atoms with Gasteiger partial charge in [-0.05, 0) is 32.6 Å². The van der Waals surface area contributed by atoms with Crippen molar-refractivity contribution in [1.29, 1.82) is 0 Å². The number of esters is 1. The second-order valence-electron chi connectivity index (χ2n) is 5.36. The van der Waals surface area contributed by atoms with E-state index in [2.05, 4.69) is 18.7 Å². The molecule has 4 nitrogen and oxygen atoms in total. The van der Waals surface area contributed by atoms with Crippen molar-refractivity contribution in [3.63, 3.8) is 0 Å². The summed E-state index contributed by atoms with van der Waals surface area (Å²) in [5.41, 5.74) is -0.0697. The Morgan fingerprint density at radius 2 is 2.19 bits per heavy atom. The molecular formula is C12H21NO3. The number of rotatable bonds is 3. The normalized spacial score (nSPS) is 27.4. The first kappa shape index (κ1) is 11.9. The lowest BCUT2D eigenvalue weighted by Gasteiger charge is -2.45. The molecule has 0 spiro atoms. The first-order valence-corrected chi connectivity index (χ1v) is 5.98. The van der Waals surface area contributed by atoms with Gasteiger partial charge in [0.25, 0.3) is 0 Å². The molecule has 1 saturated carbocycles. The summed E-state index contributed by atoms with van der Waals surface area (Å²) in [5, 5.41) is 0. The lowest BCUT2D eigenvalue weighted by atomic mass is 9.97. The largest absolute Gasteiger partial charge is 0.468 e. The smallest absolute Gasteiger partial charge is 0.323 e. The molecule has 1 unspecified atom stereocenters. The molecule has 0 aromatic rings. The van der Waals surface area contributed by atoms with Crippen LogP contribution in [-0.4, -0.2) is 49.3 Å². The molecule has 16 heavy (non-hydrogen) atoms. The van der Waals surface area contributed by atoms with E-state index < -0.39 is 0 Å². The van der Waals surface area contributed by atoms with E-state index in [1.54, 1.807) is 0 Å². The third kappa shape index (κ3) is 2.23. The molecule has 0 radical (unpaired) electrons. The van der Waals surface area contributed by atoms with Gasteiger partial charge in [0.15, 0.2) is 0 Å². The van der Waals surface area contributed by atoms with Crippen LogP contribution in [0.25, 0.3) is 0 Å². The SMILES string of the molecule is COC(=O)C(C1CC1)N1CCOCC1(C)C. The fourth-order valence-corrected chi connectivity index (χ4v) is 2.49. The zero-order chi connectivity index (χ0) is 11.8. The Labute approximate surface area is 96.9 Å². The topological polar surface area (TPSA) is 38.8 Å². The van der Waals surface area contributed by atoms with Gasteiger partial charge in [-0.15, -0.1) is 0 Å². The van der Waals surface area contributed by atoms with Gasteiger partial charge in [0, 0.05) is 12.1 Å². The van der Waals surface area contributed by atoms with E-state index in [-0.39, 0.29) is 17.6 Å². The van der Waals surface area contributed by atoms with Gasteiger partial charge in [-0.3, -0.25) is 9.69 Å². The Hall–Kier alpha value is -0.610. The van der Waals surface area contributed by atoms with Crippen molar-refractivity contribution in [1.82, 2.24) is 4.90 Å². The first-order valence-electron chi connectivity index (χ1n) is 5.98. The highest BCUT2D eigenvalue weighted by molar-refractivity contribution is 5.76. The maximum absolute atomic E-state index is 11.9. The van der Waals surface area contributed by atoms with Crippen LogP contribution >= 0.6 is 0 Å². The van der Waals surface area contributed by atoms with Crippen molar-refractivity contribution in [2.45, 2.75) is 38.3 Å². The Kier molecular flexibility index (Phi) is 3.22. The van der Waals surface area contributed by atoms with Crippen molar-refractivity contribution < 1.29 is 14.3 Å². The molecule has 4 heteroatoms. The van der Waals surface area contributed by atoms with E-state index in [4.69, 9.17) is 9.47 Å². The molecule has 0 aromatic heterocycles. The highest BCUT2D eigenvalue weighted by Crippen LogP contribution is 2.39. The summed E-state index contributed by atoms with van der Waals surface area (Å²) in [6.07, 6.45) is 2.29. The van der Waals surface area contributed by atoms with Crippen LogP contribution < -0.4 is 0 Å². The number of methoxy groups -OCH3 is 1. The molecule has 2 fully saturated rings. The lowest BCUT2D eigenvalue weighted by molar-refractivity contribution is -0.156. The summed E-state index contributed by atoms with van der Waals surface area (Å²) in [7, 11) is 1.48. The average Bonchev–Trinajstić information content (AvgIpc) is 3.04. The van der Waals surface area contributed by atoms with Gasteiger partial charge in [-0.25, -0.2) is 0 Å². The number of hydrogen-bond donors (Lipinski definition) is 0. The maximum atomic E-state index is 11.9. The fraction of sp³-hybridized carbons (Fsp3) is 0.917. The van der Waals surface area contributed by atoms with Gasteiger partial charge in [-0.1, -0.05) is 0 Å². The van der Waals surface area contributed by atoms with Gasteiger partial charge in [-0.2, -0.15) is 0 Å². The third-order valence-electron chi connectivity index (χ3n) is 3.56. The highest BCUT2D eigenvalue weighted by atomic mass is 16.5. The molecule has 2 rings (SSSR count). The summed E-state index contributed by atoms with van der Waals surface area (Å²) in [4.78, 5) is 14.1. The van der Waals surface area contributed by atoms with E-state index in [9.17, 15) is 4.79 Å². The number of carbonyl (C=O) groups excluding carboxylic acids is 1. The standard InChI is InChI=1S/C12H21NO3/c1-12(2)8-16-7-6-13(12)10(9-4-5-9)11(14)15-3/h9-10H,4-8H2,1-3H3. The number of morpholine rings is 1. The van der Waals surface area contributed by atoms with Crippen LogP contribution in [0.1, 0.15) is 26.7 Å². The molecule has 1 aliphatic heterocycles. The molecule has 1 heterocycles. The highest BCUT2D eigenvalue weighted by Gasteiger charge is 2.46. The molecule has 1 atom stereocenters. The van der Waals surface area contributed by atoms with Crippen LogP contribution in [0, 0.1) is 5.92 Å².